The third kappa shape index (κ3) is 4.90. The highest BCUT2D eigenvalue weighted by Crippen LogP contribution is 2.24. The Morgan fingerprint density at radius 3 is 2.23 bits per heavy atom. The van der Waals surface area contributed by atoms with Crippen molar-refractivity contribution >= 4 is 0 Å². The van der Waals surface area contributed by atoms with Crippen LogP contribution < -0.4 is 0 Å². The largest absolute Gasteiger partial charge is 0.426 e. The molecule has 0 aromatic carbocycles. The third-order valence-electron chi connectivity index (χ3n) is 1.07. The summed E-state index contributed by atoms with van der Waals surface area (Å²) >= 11 is 0. The van der Waals surface area contributed by atoms with Gasteiger partial charge in [0.2, 0.25) is 0 Å². The molecule has 0 amide bonds. The van der Waals surface area contributed by atoms with Crippen LogP contribution in [0.4, 0.5) is 13.2 Å². The Kier molecular flexibility index (Phi) is 4.05. The van der Waals surface area contributed by atoms with Crippen LogP contribution in [-0.4, -0.2) is 25.2 Å². The molecule has 0 heterocycles. The minimum absolute atomic E-state index is 0.736. The second-order valence-corrected chi connectivity index (χ2v) is 2.50. The van der Waals surface area contributed by atoms with E-state index in [1.807, 2.05) is 0 Å². The molecule has 0 radical (unpaired) electrons. The van der Waals surface area contributed by atoms with Gasteiger partial charge >= 0.3 is 6.18 Å². The van der Waals surface area contributed by atoms with E-state index in [0.29, 0.717) is 0 Å². The minimum Gasteiger partial charge on any atom is -0.383 e. The highest BCUT2D eigenvalue weighted by atomic mass is 19.4. The van der Waals surface area contributed by atoms with E-state index in [1.54, 1.807) is 19.0 Å². The molecule has 2 nitrogen and oxygen atoms in total. The molecule has 0 rings (SSSR count). The van der Waals surface area contributed by atoms with E-state index in [4.69, 9.17) is 5.26 Å². The van der Waals surface area contributed by atoms with Crippen LogP contribution in [0, 0.1) is 11.3 Å². The van der Waals surface area contributed by atoms with E-state index in [9.17, 15) is 13.2 Å². The second-order valence-electron chi connectivity index (χ2n) is 2.50. The van der Waals surface area contributed by atoms with Gasteiger partial charge < -0.3 is 4.90 Å². The predicted molar refractivity (Wildman–Crippen MR) is 42.6 cm³/mol. The van der Waals surface area contributed by atoms with Crippen LogP contribution in [-0.2, 0) is 0 Å². The molecule has 0 aromatic heterocycles. The molecule has 0 saturated carbocycles. The van der Waals surface area contributed by atoms with Crippen molar-refractivity contribution < 1.29 is 13.2 Å². The van der Waals surface area contributed by atoms with Crippen molar-refractivity contribution in [2.45, 2.75) is 6.18 Å². The van der Waals surface area contributed by atoms with Gasteiger partial charge in [0, 0.05) is 14.1 Å². The summed E-state index contributed by atoms with van der Waals surface area (Å²) in [5, 5.41) is 8.14. The monoisotopic (exact) mass is 190 g/mol. The smallest absolute Gasteiger partial charge is 0.383 e. The number of rotatable bonds is 2. The summed E-state index contributed by atoms with van der Waals surface area (Å²) in [5.41, 5.74) is -1.20. The van der Waals surface area contributed by atoms with Gasteiger partial charge in [0.05, 0.1) is 0 Å². The van der Waals surface area contributed by atoms with Gasteiger partial charge in [-0.25, -0.2) is 0 Å². The van der Waals surface area contributed by atoms with Gasteiger partial charge in [-0.3, -0.25) is 0 Å². The normalized spacial score (nSPS) is 13.1. The maximum atomic E-state index is 11.9. The summed E-state index contributed by atoms with van der Waals surface area (Å²) < 4.78 is 35.7. The average Bonchev–Trinajstić information content (AvgIpc) is 1.95. The van der Waals surface area contributed by atoms with Crippen LogP contribution in [0.25, 0.3) is 0 Å². The number of allylic oxidation sites excluding steroid dienone is 3. The number of nitrogens with zero attached hydrogens (tertiary/aromatic N) is 2. The molecule has 13 heavy (non-hydrogen) atoms. The zero-order valence-electron chi connectivity index (χ0n) is 7.26. The lowest BCUT2D eigenvalue weighted by Crippen LogP contribution is -2.09. The van der Waals surface area contributed by atoms with Gasteiger partial charge in [0.1, 0.15) is 11.6 Å². The first-order chi connectivity index (χ1) is 5.88. The summed E-state index contributed by atoms with van der Waals surface area (Å²) in [6, 6.07) is 1.08. The zero-order chi connectivity index (χ0) is 10.5. The van der Waals surface area contributed by atoms with Gasteiger partial charge in [-0.1, -0.05) is 0 Å². The molecular weight excluding hydrogens is 181 g/mol. The van der Waals surface area contributed by atoms with Crippen molar-refractivity contribution in [1.29, 1.82) is 5.26 Å². The van der Waals surface area contributed by atoms with Crippen LogP contribution in [0.15, 0.2) is 23.9 Å². The Hall–Kier alpha value is -1.44. The van der Waals surface area contributed by atoms with Crippen molar-refractivity contribution in [2.75, 3.05) is 14.1 Å². The first kappa shape index (κ1) is 11.6. The van der Waals surface area contributed by atoms with Crippen LogP contribution in [0.2, 0.25) is 0 Å². The Bertz CT molecular complexity index is 256. The number of hydrogen-bond donors (Lipinski definition) is 0. The predicted octanol–water partition coefficient (Wildman–Crippen LogP) is 2.07. The van der Waals surface area contributed by atoms with E-state index in [-0.39, 0.29) is 0 Å². The van der Waals surface area contributed by atoms with E-state index < -0.39 is 11.7 Å². The van der Waals surface area contributed by atoms with Gasteiger partial charge in [0.25, 0.3) is 0 Å². The van der Waals surface area contributed by atoms with Gasteiger partial charge in [-0.2, -0.15) is 18.4 Å². The molecule has 0 N–H and O–H groups in total. The van der Waals surface area contributed by atoms with Gasteiger partial charge in [0.15, 0.2) is 0 Å². The van der Waals surface area contributed by atoms with Crippen molar-refractivity contribution in [2.24, 2.45) is 0 Å². The molecule has 0 aliphatic heterocycles. The minimum atomic E-state index is -4.56. The first-order valence-electron chi connectivity index (χ1n) is 3.40. The molecule has 0 aromatic rings. The molecule has 0 spiro atoms. The molecule has 0 fully saturated rings. The van der Waals surface area contributed by atoms with Gasteiger partial charge in [-0.05, 0) is 18.4 Å². The number of halogens is 3. The topological polar surface area (TPSA) is 27.0 Å². The highest BCUT2D eigenvalue weighted by molar-refractivity contribution is 5.29. The quantitative estimate of drug-likeness (QED) is 0.492. The fourth-order valence-corrected chi connectivity index (χ4v) is 0.507. The number of hydrogen-bond acceptors (Lipinski definition) is 2. The first-order valence-corrected chi connectivity index (χ1v) is 3.40. The Balaban J connectivity index is 4.54. The fraction of sp³-hybridized carbons (Fsp3) is 0.375. The zero-order valence-corrected chi connectivity index (χ0v) is 7.26. The summed E-state index contributed by atoms with van der Waals surface area (Å²) in [7, 11) is 3.34. The van der Waals surface area contributed by atoms with Crippen LogP contribution >= 0.6 is 0 Å². The molecular formula is C8H9F3N2. The molecule has 0 aliphatic carbocycles. The average molecular weight is 190 g/mol. The SMILES string of the molecule is CN(C)/C=C/C=C(\C#N)C(F)(F)F. The van der Waals surface area contributed by atoms with E-state index >= 15 is 0 Å². The molecule has 0 atom stereocenters. The van der Waals surface area contributed by atoms with Crippen molar-refractivity contribution in [1.82, 2.24) is 4.90 Å². The maximum Gasteiger partial charge on any atom is 0.426 e. The summed E-state index contributed by atoms with van der Waals surface area (Å²) in [6.45, 7) is 0. The molecule has 0 bridgehead atoms. The molecule has 0 unspecified atom stereocenters. The number of alkyl halides is 3. The highest BCUT2D eigenvalue weighted by Gasteiger charge is 2.33. The Labute approximate surface area is 74.6 Å². The fourth-order valence-electron chi connectivity index (χ4n) is 0.507. The lowest BCUT2D eigenvalue weighted by molar-refractivity contribution is -0.0873. The van der Waals surface area contributed by atoms with Gasteiger partial charge in [-0.15, -0.1) is 0 Å². The lowest BCUT2D eigenvalue weighted by Gasteiger charge is -2.03. The Morgan fingerprint density at radius 2 is 1.92 bits per heavy atom. The number of nitriles is 1. The van der Waals surface area contributed by atoms with E-state index in [0.717, 1.165) is 12.1 Å². The summed E-state index contributed by atoms with van der Waals surface area (Å²) in [6.07, 6.45) is -1.24. The van der Waals surface area contributed by atoms with Crippen molar-refractivity contribution in [3.05, 3.63) is 23.9 Å². The van der Waals surface area contributed by atoms with Crippen LogP contribution in [0.1, 0.15) is 0 Å². The van der Waals surface area contributed by atoms with Crippen LogP contribution in [0.5, 0.6) is 0 Å². The van der Waals surface area contributed by atoms with Crippen molar-refractivity contribution in [3.63, 3.8) is 0 Å². The summed E-state index contributed by atoms with van der Waals surface area (Å²) in [5.74, 6) is 0. The molecule has 5 heteroatoms. The standard InChI is InChI=1S/C8H9F3N2/c1-13(2)5-3-4-7(6-12)8(9,10)11/h3-5H,1-2H3/b5-3+,7-4+. The molecule has 0 saturated heterocycles. The van der Waals surface area contributed by atoms with E-state index in [2.05, 4.69) is 0 Å². The van der Waals surface area contributed by atoms with Crippen LogP contribution in [0.3, 0.4) is 0 Å². The van der Waals surface area contributed by atoms with Crippen molar-refractivity contribution in [3.8, 4) is 6.07 Å². The second kappa shape index (κ2) is 4.55. The lowest BCUT2D eigenvalue weighted by atomic mass is 10.2. The third-order valence-corrected chi connectivity index (χ3v) is 1.07. The Morgan fingerprint density at radius 1 is 1.38 bits per heavy atom. The maximum absolute atomic E-state index is 11.9. The molecule has 0 aliphatic rings. The van der Waals surface area contributed by atoms with E-state index in [1.165, 1.54) is 12.3 Å². The molecule has 72 valence electrons. The summed E-state index contributed by atoms with van der Waals surface area (Å²) in [4.78, 5) is 1.57.